The van der Waals surface area contributed by atoms with Crippen molar-refractivity contribution in [3.63, 3.8) is 0 Å². The summed E-state index contributed by atoms with van der Waals surface area (Å²) in [7, 11) is -2.46. The van der Waals surface area contributed by atoms with Crippen molar-refractivity contribution in [1.82, 2.24) is 0 Å². The van der Waals surface area contributed by atoms with E-state index in [1.807, 2.05) is 0 Å². The van der Waals surface area contributed by atoms with Crippen LogP contribution in [0.5, 0.6) is 5.75 Å². The molecular formula is C18H19ClF2N2O4S. The second-order valence-electron chi connectivity index (χ2n) is 5.92. The van der Waals surface area contributed by atoms with E-state index >= 15 is 0 Å². The van der Waals surface area contributed by atoms with Crippen LogP contribution >= 0.6 is 11.6 Å². The van der Waals surface area contributed by atoms with Gasteiger partial charge in [0.1, 0.15) is 11.8 Å². The van der Waals surface area contributed by atoms with E-state index in [1.165, 1.54) is 31.4 Å². The fraction of sp³-hybridized carbons (Fsp3) is 0.278. The van der Waals surface area contributed by atoms with Gasteiger partial charge in [-0.05, 0) is 36.8 Å². The first-order valence-electron chi connectivity index (χ1n) is 8.17. The molecule has 0 saturated carbocycles. The minimum atomic E-state index is -3.88. The lowest BCUT2D eigenvalue weighted by Crippen LogP contribution is -2.47. The molecule has 0 aromatic heterocycles. The molecule has 0 bridgehead atoms. The molecule has 1 atom stereocenters. The third-order valence-corrected chi connectivity index (χ3v) is 5.38. The highest BCUT2D eigenvalue weighted by atomic mass is 35.5. The summed E-state index contributed by atoms with van der Waals surface area (Å²) in [5, 5.41) is 2.58. The van der Waals surface area contributed by atoms with Gasteiger partial charge in [-0.15, -0.1) is 0 Å². The van der Waals surface area contributed by atoms with Gasteiger partial charge in [0.2, 0.25) is 15.9 Å². The summed E-state index contributed by atoms with van der Waals surface area (Å²) in [5.74, 6) is -2.55. The van der Waals surface area contributed by atoms with E-state index in [4.69, 9.17) is 16.3 Å². The summed E-state index contributed by atoms with van der Waals surface area (Å²) < 4.78 is 57.3. The molecule has 0 heterocycles. The molecule has 0 unspecified atom stereocenters. The fourth-order valence-corrected chi connectivity index (χ4v) is 4.11. The van der Waals surface area contributed by atoms with E-state index in [0.717, 1.165) is 22.7 Å². The zero-order chi connectivity index (χ0) is 21.1. The summed E-state index contributed by atoms with van der Waals surface area (Å²) in [5.41, 5.74) is 0.171. The molecule has 1 N–H and O–H groups in total. The Bertz CT molecular complexity index is 986. The highest BCUT2D eigenvalue weighted by Gasteiger charge is 2.32. The van der Waals surface area contributed by atoms with Crippen molar-refractivity contribution in [3.8, 4) is 5.75 Å². The van der Waals surface area contributed by atoms with Gasteiger partial charge in [0.25, 0.3) is 0 Å². The molecule has 2 aromatic rings. The highest BCUT2D eigenvalue weighted by Crippen LogP contribution is 2.32. The summed E-state index contributed by atoms with van der Waals surface area (Å²) in [6, 6.07) is 6.02. The molecule has 2 rings (SSSR count). The molecular weight excluding hydrogens is 414 g/mol. The van der Waals surface area contributed by atoms with Crippen molar-refractivity contribution in [2.45, 2.75) is 19.4 Å². The van der Waals surface area contributed by atoms with E-state index < -0.39 is 33.6 Å². The van der Waals surface area contributed by atoms with Gasteiger partial charge in [-0.2, -0.15) is 0 Å². The van der Waals surface area contributed by atoms with Gasteiger partial charge in [-0.3, -0.25) is 9.10 Å². The SMILES string of the molecule is CC[C@@H](C(=O)Nc1ccc(F)c(F)c1)N(c1ccc(OC)c(Cl)c1)S(C)(=O)=O. The van der Waals surface area contributed by atoms with Crippen LogP contribution in [0.1, 0.15) is 13.3 Å². The van der Waals surface area contributed by atoms with Crippen LogP contribution in [0.25, 0.3) is 0 Å². The summed E-state index contributed by atoms with van der Waals surface area (Å²) >= 11 is 6.09. The minimum Gasteiger partial charge on any atom is -0.495 e. The maximum absolute atomic E-state index is 13.4. The average molecular weight is 433 g/mol. The number of methoxy groups -OCH3 is 1. The number of carbonyl (C=O) groups is 1. The molecule has 28 heavy (non-hydrogen) atoms. The molecule has 0 aliphatic carbocycles. The van der Waals surface area contributed by atoms with Crippen LogP contribution in [0.2, 0.25) is 5.02 Å². The Kier molecular flexibility index (Phi) is 6.84. The smallest absolute Gasteiger partial charge is 0.248 e. The van der Waals surface area contributed by atoms with E-state index in [2.05, 4.69) is 5.32 Å². The minimum absolute atomic E-state index is 0.00330. The van der Waals surface area contributed by atoms with Crippen LogP contribution in [0, 0.1) is 11.6 Å². The molecule has 0 saturated heterocycles. The number of benzene rings is 2. The van der Waals surface area contributed by atoms with Crippen molar-refractivity contribution < 1.29 is 26.7 Å². The van der Waals surface area contributed by atoms with Crippen molar-refractivity contribution in [3.05, 3.63) is 53.1 Å². The maximum Gasteiger partial charge on any atom is 0.248 e. The molecule has 1 amide bonds. The van der Waals surface area contributed by atoms with Crippen LogP contribution < -0.4 is 14.4 Å². The number of halogens is 3. The van der Waals surface area contributed by atoms with Crippen LogP contribution in [-0.2, 0) is 14.8 Å². The zero-order valence-electron chi connectivity index (χ0n) is 15.4. The highest BCUT2D eigenvalue weighted by molar-refractivity contribution is 7.92. The molecule has 0 radical (unpaired) electrons. The van der Waals surface area contributed by atoms with Gasteiger partial charge in [0.15, 0.2) is 11.6 Å². The maximum atomic E-state index is 13.4. The van der Waals surface area contributed by atoms with E-state index in [0.29, 0.717) is 5.75 Å². The number of anilines is 2. The van der Waals surface area contributed by atoms with E-state index in [-0.39, 0.29) is 22.8 Å². The quantitative estimate of drug-likeness (QED) is 0.721. The Balaban J connectivity index is 2.41. The monoisotopic (exact) mass is 432 g/mol. The number of hydrogen-bond donors (Lipinski definition) is 1. The zero-order valence-corrected chi connectivity index (χ0v) is 16.9. The van der Waals surface area contributed by atoms with Crippen molar-refractivity contribution in [2.24, 2.45) is 0 Å². The number of nitrogens with zero attached hydrogens (tertiary/aromatic N) is 1. The number of amides is 1. The lowest BCUT2D eigenvalue weighted by atomic mass is 10.1. The van der Waals surface area contributed by atoms with Crippen molar-refractivity contribution in [1.29, 1.82) is 0 Å². The number of sulfonamides is 1. The fourth-order valence-electron chi connectivity index (χ4n) is 2.65. The van der Waals surface area contributed by atoms with Crippen molar-refractivity contribution >= 4 is 38.9 Å². The summed E-state index contributed by atoms with van der Waals surface area (Å²) in [4.78, 5) is 12.7. The van der Waals surface area contributed by atoms with Crippen molar-refractivity contribution in [2.75, 3.05) is 23.0 Å². The second kappa shape index (κ2) is 8.74. The van der Waals surface area contributed by atoms with Gasteiger partial charge in [-0.25, -0.2) is 17.2 Å². The Morgan fingerprint density at radius 1 is 1.21 bits per heavy atom. The molecule has 10 heteroatoms. The van der Waals surface area contributed by atoms with Crippen LogP contribution in [0.4, 0.5) is 20.2 Å². The molecule has 0 aliphatic rings. The van der Waals surface area contributed by atoms with Gasteiger partial charge >= 0.3 is 0 Å². The predicted octanol–water partition coefficient (Wildman–Crippen LogP) is 3.81. The standard InChI is InChI=1S/C18H19ClF2N2O4S/c1-4-16(18(24)22-11-5-7-14(20)15(21)9-11)23(28(3,25)26)12-6-8-17(27-2)13(19)10-12/h5-10,16H,4H2,1-3H3,(H,22,24)/t16-/m0/s1. The van der Waals surface area contributed by atoms with E-state index in [1.54, 1.807) is 6.92 Å². The summed E-state index contributed by atoms with van der Waals surface area (Å²) in [6.45, 7) is 1.62. The van der Waals surface area contributed by atoms with Crippen LogP contribution in [0.15, 0.2) is 36.4 Å². The first kappa shape index (κ1) is 21.9. The van der Waals surface area contributed by atoms with E-state index in [9.17, 15) is 22.0 Å². The van der Waals surface area contributed by atoms with Crippen LogP contribution in [0.3, 0.4) is 0 Å². The Hall–Kier alpha value is -2.39. The third-order valence-electron chi connectivity index (χ3n) is 3.91. The lowest BCUT2D eigenvalue weighted by Gasteiger charge is -2.30. The number of rotatable bonds is 7. The lowest BCUT2D eigenvalue weighted by molar-refractivity contribution is -0.117. The average Bonchev–Trinajstić information content (AvgIpc) is 2.61. The van der Waals surface area contributed by atoms with Crippen LogP contribution in [-0.4, -0.2) is 33.7 Å². The predicted molar refractivity (Wildman–Crippen MR) is 104 cm³/mol. The number of carbonyl (C=O) groups excluding carboxylic acids is 1. The second-order valence-corrected chi connectivity index (χ2v) is 8.19. The third kappa shape index (κ3) is 4.90. The molecule has 152 valence electrons. The molecule has 2 aromatic carbocycles. The Morgan fingerprint density at radius 2 is 1.89 bits per heavy atom. The number of hydrogen-bond acceptors (Lipinski definition) is 4. The Labute approximate surface area is 167 Å². The van der Waals surface area contributed by atoms with Gasteiger partial charge in [-0.1, -0.05) is 18.5 Å². The number of nitrogens with one attached hydrogen (secondary N) is 1. The van der Waals surface area contributed by atoms with Gasteiger partial charge < -0.3 is 10.1 Å². The van der Waals surface area contributed by atoms with Gasteiger partial charge in [0.05, 0.1) is 24.1 Å². The Morgan fingerprint density at radius 3 is 2.39 bits per heavy atom. The molecule has 0 aliphatic heterocycles. The molecule has 6 nitrogen and oxygen atoms in total. The molecule has 0 spiro atoms. The summed E-state index contributed by atoms with van der Waals surface area (Å²) in [6.07, 6.45) is 1.07. The molecule has 0 fully saturated rings. The number of ether oxygens (including phenoxy) is 1. The first-order chi connectivity index (χ1) is 13.1. The topological polar surface area (TPSA) is 75.7 Å². The normalized spacial score (nSPS) is 12.4. The van der Waals surface area contributed by atoms with Gasteiger partial charge in [0, 0.05) is 11.8 Å². The largest absolute Gasteiger partial charge is 0.495 e. The first-order valence-corrected chi connectivity index (χ1v) is 10.4.